The largest absolute Gasteiger partial charge is 0.384 e. The summed E-state index contributed by atoms with van der Waals surface area (Å²) in [5.41, 5.74) is 1.46. The highest BCUT2D eigenvalue weighted by Crippen LogP contribution is 2.27. The Bertz CT molecular complexity index is 449. The number of rotatable bonds is 3. The van der Waals surface area contributed by atoms with Gasteiger partial charge < -0.3 is 10.4 Å². The highest BCUT2D eigenvalue weighted by molar-refractivity contribution is 5.94. The summed E-state index contributed by atoms with van der Waals surface area (Å²) in [5, 5.41) is 11.5. The molecular weight excluding hydrogens is 214 g/mol. The van der Waals surface area contributed by atoms with Crippen molar-refractivity contribution >= 4 is 5.91 Å². The van der Waals surface area contributed by atoms with E-state index in [0.717, 1.165) is 12.1 Å². The number of aliphatic hydroxyl groups excluding tert-OH is 1. The Kier molecular flexibility index (Phi) is 3.79. The van der Waals surface area contributed by atoms with Crippen molar-refractivity contribution in [2.75, 3.05) is 13.2 Å². The normalized spacial score (nSPS) is 13.7. The summed E-state index contributed by atoms with van der Waals surface area (Å²) < 4.78 is 0. The van der Waals surface area contributed by atoms with Gasteiger partial charge in [0.05, 0.1) is 0 Å². The number of aliphatic hydroxyl groups is 1. The molecular formula is C14H15NO2. The van der Waals surface area contributed by atoms with Gasteiger partial charge in [-0.25, -0.2) is 0 Å². The van der Waals surface area contributed by atoms with E-state index >= 15 is 0 Å². The number of amides is 1. The van der Waals surface area contributed by atoms with Gasteiger partial charge in [-0.2, -0.15) is 0 Å². The Morgan fingerprint density at radius 1 is 1.35 bits per heavy atom. The van der Waals surface area contributed by atoms with E-state index in [-0.39, 0.29) is 12.5 Å². The quantitative estimate of drug-likeness (QED) is 0.764. The van der Waals surface area contributed by atoms with Crippen molar-refractivity contribution in [2.24, 2.45) is 5.92 Å². The molecule has 0 atom stereocenters. The number of nitrogens with one attached hydrogen (secondary N) is 1. The molecule has 1 aromatic rings. The maximum atomic E-state index is 11.7. The monoisotopic (exact) mass is 229 g/mol. The van der Waals surface area contributed by atoms with Crippen molar-refractivity contribution in [3.05, 3.63) is 35.4 Å². The maximum absolute atomic E-state index is 11.7. The lowest BCUT2D eigenvalue weighted by molar-refractivity contribution is 0.0952. The van der Waals surface area contributed by atoms with Gasteiger partial charge in [0.1, 0.15) is 6.61 Å². The van der Waals surface area contributed by atoms with Crippen LogP contribution in [0.5, 0.6) is 0 Å². The second-order valence-corrected chi connectivity index (χ2v) is 4.19. The van der Waals surface area contributed by atoms with Gasteiger partial charge >= 0.3 is 0 Å². The summed E-state index contributed by atoms with van der Waals surface area (Å²) in [6, 6.07) is 7.08. The lowest BCUT2D eigenvalue weighted by atomic mass is 10.1. The predicted octanol–water partition coefficient (Wildman–Crippen LogP) is 1.17. The minimum absolute atomic E-state index is 0.0291. The van der Waals surface area contributed by atoms with Crippen molar-refractivity contribution in [3.8, 4) is 11.8 Å². The predicted molar refractivity (Wildman–Crippen MR) is 65.5 cm³/mol. The third kappa shape index (κ3) is 3.61. The third-order valence-corrected chi connectivity index (χ3v) is 2.71. The molecule has 0 spiro atoms. The second kappa shape index (κ2) is 5.51. The number of carbonyl (C=O) groups excluding carboxylic acids is 1. The lowest BCUT2D eigenvalue weighted by Gasteiger charge is -2.03. The number of benzene rings is 1. The van der Waals surface area contributed by atoms with Crippen molar-refractivity contribution in [1.82, 2.24) is 5.32 Å². The lowest BCUT2D eigenvalue weighted by Crippen LogP contribution is -2.25. The van der Waals surface area contributed by atoms with Crippen LogP contribution in [0.1, 0.15) is 28.8 Å². The molecule has 1 aliphatic carbocycles. The summed E-state index contributed by atoms with van der Waals surface area (Å²) >= 11 is 0. The highest BCUT2D eigenvalue weighted by atomic mass is 16.2. The van der Waals surface area contributed by atoms with Crippen LogP contribution in [0.4, 0.5) is 0 Å². The topological polar surface area (TPSA) is 49.3 Å². The average Bonchev–Trinajstić information content (AvgIpc) is 3.18. The summed E-state index contributed by atoms with van der Waals surface area (Å²) in [6.45, 7) is 0.633. The van der Waals surface area contributed by atoms with Crippen molar-refractivity contribution in [1.29, 1.82) is 0 Å². The molecule has 0 radical (unpaired) electrons. The zero-order chi connectivity index (χ0) is 12.1. The van der Waals surface area contributed by atoms with E-state index in [0.29, 0.717) is 11.5 Å². The van der Waals surface area contributed by atoms with Crippen molar-refractivity contribution < 1.29 is 9.90 Å². The molecule has 1 saturated carbocycles. The Hall–Kier alpha value is -1.79. The molecule has 88 valence electrons. The van der Waals surface area contributed by atoms with E-state index in [1.54, 1.807) is 24.3 Å². The Morgan fingerprint density at radius 2 is 2.06 bits per heavy atom. The molecule has 3 nitrogen and oxygen atoms in total. The van der Waals surface area contributed by atoms with Crippen molar-refractivity contribution in [2.45, 2.75) is 12.8 Å². The van der Waals surface area contributed by atoms with Crippen LogP contribution in [0.25, 0.3) is 0 Å². The van der Waals surface area contributed by atoms with Gasteiger partial charge in [0.2, 0.25) is 0 Å². The van der Waals surface area contributed by atoms with Crippen LogP contribution >= 0.6 is 0 Å². The van der Waals surface area contributed by atoms with E-state index < -0.39 is 0 Å². The van der Waals surface area contributed by atoms with Crippen LogP contribution in [0.3, 0.4) is 0 Å². The van der Waals surface area contributed by atoms with Crippen LogP contribution < -0.4 is 5.32 Å². The molecule has 0 heterocycles. The number of hydrogen-bond acceptors (Lipinski definition) is 2. The molecule has 1 fully saturated rings. The first kappa shape index (κ1) is 11.7. The van der Waals surface area contributed by atoms with E-state index in [9.17, 15) is 4.79 Å². The van der Waals surface area contributed by atoms with Crippen LogP contribution in [0.2, 0.25) is 0 Å². The summed E-state index contributed by atoms with van der Waals surface area (Å²) in [7, 11) is 0. The van der Waals surface area contributed by atoms with Gasteiger partial charge in [-0.1, -0.05) is 11.8 Å². The van der Waals surface area contributed by atoms with E-state index in [2.05, 4.69) is 17.2 Å². The van der Waals surface area contributed by atoms with Crippen molar-refractivity contribution in [3.63, 3.8) is 0 Å². The van der Waals surface area contributed by atoms with Gasteiger partial charge in [0, 0.05) is 17.7 Å². The van der Waals surface area contributed by atoms with Gasteiger partial charge in [0.15, 0.2) is 0 Å². The van der Waals surface area contributed by atoms with E-state index in [1.165, 1.54) is 12.8 Å². The van der Waals surface area contributed by atoms with Gasteiger partial charge in [-0.05, 0) is 43.0 Å². The first-order valence-electron chi connectivity index (χ1n) is 5.77. The molecule has 0 saturated heterocycles. The van der Waals surface area contributed by atoms with Gasteiger partial charge in [-0.15, -0.1) is 0 Å². The third-order valence-electron chi connectivity index (χ3n) is 2.71. The Morgan fingerprint density at radius 3 is 2.65 bits per heavy atom. The number of carbonyl (C=O) groups is 1. The zero-order valence-electron chi connectivity index (χ0n) is 9.57. The summed E-state index contributed by atoms with van der Waals surface area (Å²) in [6.07, 6.45) is 2.46. The molecule has 2 N–H and O–H groups in total. The molecule has 2 rings (SSSR count). The molecule has 1 amide bonds. The minimum Gasteiger partial charge on any atom is -0.384 e. The van der Waals surface area contributed by atoms with Crippen LogP contribution in [-0.2, 0) is 0 Å². The molecule has 17 heavy (non-hydrogen) atoms. The molecule has 1 aliphatic rings. The SMILES string of the molecule is O=C(NCC1CC1)c1ccc(C#CCO)cc1. The molecule has 3 heteroatoms. The van der Waals surface area contributed by atoms with Crippen LogP contribution in [-0.4, -0.2) is 24.2 Å². The molecule has 0 bridgehead atoms. The van der Waals surface area contributed by atoms with Crippen LogP contribution in [0, 0.1) is 17.8 Å². The first-order valence-corrected chi connectivity index (χ1v) is 5.77. The molecule has 0 aromatic heterocycles. The standard InChI is InChI=1S/C14H15NO2/c16-9-1-2-11-5-7-13(8-6-11)14(17)15-10-12-3-4-12/h5-8,12,16H,3-4,9-10H2,(H,15,17). The average molecular weight is 229 g/mol. The zero-order valence-corrected chi connectivity index (χ0v) is 9.57. The summed E-state index contributed by atoms with van der Waals surface area (Å²) in [4.78, 5) is 11.7. The summed E-state index contributed by atoms with van der Waals surface area (Å²) in [5.74, 6) is 6.02. The fraction of sp³-hybridized carbons (Fsp3) is 0.357. The molecule has 0 unspecified atom stereocenters. The smallest absolute Gasteiger partial charge is 0.251 e. The van der Waals surface area contributed by atoms with Gasteiger partial charge in [-0.3, -0.25) is 4.79 Å². The highest BCUT2D eigenvalue weighted by Gasteiger charge is 2.21. The number of hydrogen-bond donors (Lipinski definition) is 2. The minimum atomic E-state index is -0.149. The van der Waals surface area contributed by atoms with E-state index in [1.807, 2.05) is 0 Å². The first-order chi connectivity index (χ1) is 8.29. The fourth-order valence-electron chi connectivity index (χ4n) is 1.51. The second-order valence-electron chi connectivity index (χ2n) is 4.19. The Labute approximate surface area is 101 Å². The molecule has 0 aliphatic heterocycles. The molecule has 1 aromatic carbocycles. The van der Waals surface area contributed by atoms with Crippen LogP contribution in [0.15, 0.2) is 24.3 Å². The maximum Gasteiger partial charge on any atom is 0.251 e. The Balaban J connectivity index is 1.93. The van der Waals surface area contributed by atoms with E-state index in [4.69, 9.17) is 5.11 Å². The fourth-order valence-corrected chi connectivity index (χ4v) is 1.51. The van der Waals surface area contributed by atoms with Gasteiger partial charge in [0.25, 0.3) is 5.91 Å².